The highest BCUT2D eigenvalue weighted by molar-refractivity contribution is 9.10. The third kappa shape index (κ3) is 2.44. The SMILES string of the molecule is COc1ccc2[nH]cc(Oc3ccc(Br)cc3)c2c1. The molecule has 3 aromatic rings. The molecular weight excluding hydrogens is 306 g/mol. The molecule has 4 heteroatoms. The van der Waals surface area contributed by atoms with Crippen LogP contribution in [0.25, 0.3) is 10.9 Å². The average Bonchev–Trinajstić information content (AvgIpc) is 2.84. The van der Waals surface area contributed by atoms with Gasteiger partial charge in [0.05, 0.1) is 7.11 Å². The fourth-order valence-corrected chi connectivity index (χ4v) is 2.18. The van der Waals surface area contributed by atoms with Crippen molar-refractivity contribution in [3.05, 3.63) is 53.1 Å². The van der Waals surface area contributed by atoms with Gasteiger partial charge in [0.1, 0.15) is 11.5 Å². The van der Waals surface area contributed by atoms with E-state index in [1.54, 1.807) is 7.11 Å². The molecule has 0 atom stereocenters. The van der Waals surface area contributed by atoms with Crippen LogP contribution in [0.15, 0.2) is 53.1 Å². The number of aromatic amines is 1. The number of benzene rings is 2. The van der Waals surface area contributed by atoms with Gasteiger partial charge in [-0.25, -0.2) is 0 Å². The van der Waals surface area contributed by atoms with E-state index >= 15 is 0 Å². The van der Waals surface area contributed by atoms with Crippen LogP contribution in [0.4, 0.5) is 0 Å². The fourth-order valence-electron chi connectivity index (χ4n) is 1.92. The summed E-state index contributed by atoms with van der Waals surface area (Å²) in [7, 11) is 1.66. The van der Waals surface area contributed by atoms with Crippen LogP contribution in [0.1, 0.15) is 0 Å². The standard InChI is InChI=1S/C15H12BrNO2/c1-18-12-6-7-14-13(8-12)15(9-17-14)19-11-4-2-10(16)3-5-11/h2-9,17H,1H3. The van der Waals surface area contributed by atoms with Crippen molar-refractivity contribution in [3.63, 3.8) is 0 Å². The van der Waals surface area contributed by atoms with E-state index in [-0.39, 0.29) is 0 Å². The van der Waals surface area contributed by atoms with Crippen molar-refractivity contribution in [1.82, 2.24) is 4.98 Å². The molecule has 1 N–H and O–H groups in total. The number of aromatic nitrogens is 1. The van der Waals surface area contributed by atoms with Crippen molar-refractivity contribution in [3.8, 4) is 17.2 Å². The van der Waals surface area contributed by atoms with E-state index in [2.05, 4.69) is 20.9 Å². The van der Waals surface area contributed by atoms with Gasteiger partial charge in [-0.3, -0.25) is 0 Å². The predicted molar refractivity (Wildman–Crippen MR) is 79.1 cm³/mol. The van der Waals surface area contributed by atoms with Crippen molar-refractivity contribution in [1.29, 1.82) is 0 Å². The summed E-state index contributed by atoms with van der Waals surface area (Å²) in [5.41, 5.74) is 1.02. The molecule has 0 saturated heterocycles. The summed E-state index contributed by atoms with van der Waals surface area (Å²) >= 11 is 3.40. The molecule has 0 spiro atoms. The quantitative estimate of drug-likeness (QED) is 0.757. The van der Waals surface area contributed by atoms with Crippen LogP contribution in [-0.2, 0) is 0 Å². The first-order valence-corrected chi connectivity index (χ1v) is 6.64. The number of halogens is 1. The van der Waals surface area contributed by atoms with Crippen LogP contribution < -0.4 is 9.47 Å². The number of hydrogen-bond donors (Lipinski definition) is 1. The maximum Gasteiger partial charge on any atom is 0.152 e. The van der Waals surface area contributed by atoms with Gasteiger partial charge in [-0.2, -0.15) is 0 Å². The highest BCUT2D eigenvalue weighted by Gasteiger charge is 2.07. The first-order valence-electron chi connectivity index (χ1n) is 5.85. The molecule has 0 amide bonds. The Morgan fingerprint density at radius 2 is 1.74 bits per heavy atom. The van der Waals surface area contributed by atoms with Gasteiger partial charge >= 0.3 is 0 Å². The second-order valence-electron chi connectivity index (χ2n) is 4.12. The molecule has 1 heterocycles. The van der Waals surface area contributed by atoms with E-state index in [0.29, 0.717) is 0 Å². The molecule has 0 aliphatic rings. The zero-order chi connectivity index (χ0) is 13.2. The summed E-state index contributed by atoms with van der Waals surface area (Å²) in [6, 6.07) is 13.6. The Labute approximate surface area is 119 Å². The van der Waals surface area contributed by atoms with Gasteiger partial charge < -0.3 is 14.5 Å². The normalized spacial score (nSPS) is 10.6. The zero-order valence-corrected chi connectivity index (χ0v) is 11.9. The summed E-state index contributed by atoms with van der Waals surface area (Å²) in [5.74, 6) is 2.40. The smallest absolute Gasteiger partial charge is 0.152 e. The predicted octanol–water partition coefficient (Wildman–Crippen LogP) is 4.73. The third-order valence-corrected chi connectivity index (χ3v) is 3.42. The Morgan fingerprint density at radius 1 is 1.00 bits per heavy atom. The molecule has 3 nitrogen and oxygen atoms in total. The summed E-state index contributed by atoms with van der Waals surface area (Å²) in [6.45, 7) is 0. The number of ether oxygens (including phenoxy) is 2. The lowest BCUT2D eigenvalue weighted by Crippen LogP contribution is -1.84. The van der Waals surface area contributed by atoms with E-state index in [4.69, 9.17) is 9.47 Å². The number of hydrogen-bond acceptors (Lipinski definition) is 2. The molecule has 1 aromatic heterocycles. The van der Waals surface area contributed by atoms with Crippen molar-refractivity contribution in [2.24, 2.45) is 0 Å². The van der Waals surface area contributed by atoms with E-state index in [1.807, 2.05) is 48.7 Å². The molecule has 0 radical (unpaired) electrons. The third-order valence-electron chi connectivity index (χ3n) is 2.89. The van der Waals surface area contributed by atoms with E-state index in [9.17, 15) is 0 Å². The summed E-state index contributed by atoms with van der Waals surface area (Å²) in [6.07, 6.45) is 1.85. The highest BCUT2D eigenvalue weighted by atomic mass is 79.9. The topological polar surface area (TPSA) is 34.2 Å². The summed E-state index contributed by atoms with van der Waals surface area (Å²) in [4.78, 5) is 3.18. The minimum atomic E-state index is 0.788. The van der Waals surface area contributed by atoms with Crippen molar-refractivity contribution in [2.75, 3.05) is 7.11 Å². The largest absolute Gasteiger partial charge is 0.497 e. The Hall–Kier alpha value is -1.94. The molecule has 0 saturated carbocycles. The van der Waals surface area contributed by atoms with Crippen molar-refractivity contribution in [2.45, 2.75) is 0 Å². The van der Waals surface area contributed by atoms with Gasteiger partial charge in [0, 0.05) is 21.6 Å². The molecular formula is C15H12BrNO2. The minimum absolute atomic E-state index is 0.788. The molecule has 0 aliphatic heterocycles. The number of rotatable bonds is 3. The van der Waals surface area contributed by atoms with Gasteiger partial charge in [-0.1, -0.05) is 15.9 Å². The van der Waals surface area contributed by atoms with Crippen LogP contribution in [0.3, 0.4) is 0 Å². The zero-order valence-electron chi connectivity index (χ0n) is 10.3. The van der Waals surface area contributed by atoms with Crippen LogP contribution in [0.2, 0.25) is 0 Å². The van der Waals surface area contributed by atoms with Gasteiger partial charge in [-0.05, 0) is 42.5 Å². The van der Waals surface area contributed by atoms with Crippen LogP contribution in [-0.4, -0.2) is 12.1 Å². The number of fused-ring (bicyclic) bond motifs is 1. The minimum Gasteiger partial charge on any atom is -0.497 e. The van der Waals surface area contributed by atoms with Crippen molar-refractivity contribution >= 4 is 26.8 Å². The van der Waals surface area contributed by atoms with Crippen LogP contribution >= 0.6 is 15.9 Å². The first-order chi connectivity index (χ1) is 9.26. The Bertz CT molecular complexity index is 704. The Morgan fingerprint density at radius 3 is 2.47 bits per heavy atom. The van der Waals surface area contributed by atoms with E-state index in [1.165, 1.54) is 0 Å². The highest BCUT2D eigenvalue weighted by Crippen LogP contribution is 2.32. The lowest BCUT2D eigenvalue weighted by molar-refractivity contribution is 0.415. The lowest BCUT2D eigenvalue weighted by Gasteiger charge is -2.05. The fraction of sp³-hybridized carbons (Fsp3) is 0.0667. The Kier molecular flexibility index (Phi) is 3.17. The van der Waals surface area contributed by atoms with Gasteiger partial charge in [0.2, 0.25) is 0 Å². The molecule has 0 unspecified atom stereocenters. The van der Waals surface area contributed by atoms with Crippen LogP contribution in [0, 0.1) is 0 Å². The molecule has 3 rings (SSSR count). The van der Waals surface area contributed by atoms with Crippen LogP contribution in [0.5, 0.6) is 17.2 Å². The van der Waals surface area contributed by atoms with Gasteiger partial charge in [0.15, 0.2) is 5.75 Å². The lowest BCUT2D eigenvalue weighted by atomic mass is 10.2. The summed E-state index contributed by atoms with van der Waals surface area (Å²) < 4.78 is 12.1. The van der Waals surface area contributed by atoms with E-state index in [0.717, 1.165) is 32.6 Å². The first kappa shape index (κ1) is 12.1. The molecule has 96 valence electrons. The second-order valence-corrected chi connectivity index (χ2v) is 5.04. The van der Waals surface area contributed by atoms with Gasteiger partial charge in [0.25, 0.3) is 0 Å². The average molecular weight is 318 g/mol. The molecule has 0 aliphatic carbocycles. The van der Waals surface area contributed by atoms with Gasteiger partial charge in [-0.15, -0.1) is 0 Å². The second kappa shape index (κ2) is 4.97. The number of H-pyrrole nitrogens is 1. The maximum atomic E-state index is 5.88. The maximum absolute atomic E-state index is 5.88. The van der Waals surface area contributed by atoms with Crippen molar-refractivity contribution < 1.29 is 9.47 Å². The molecule has 0 bridgehead atoms. The monoisotopic (exact) mass is 317 g/mol. The molecule has 19 heavy (non-hydrogen) atoms. The number of nitrogens with one attached hydrogen (secondary N) is 1. The summed E-state index contributed by atoms with van der Waals surface area (Å²) in [5, 5.41) is 1.00. The number of methoxy groups -OCH3 is 1. The molecule has 2 aromatic carbocycles. The Balaban J connectivity index is 1.98. The van der Waals surface area contributed by atoms with E-state index < -0.39 is 0 Å². The molecule has 0 fully saturated rings.